The van der Waals surface area contributed by atoms with Gasteiger partial charge in [0.1, 0.15) is 0 Å². The van der Waals surface area contributed by atoms with Crippen molar-refractivity contribution < 1.29 is 4.74 Å². The van der Waals surface area contributed by atoms with Gasteiger partial charge in [-0.3, -0.25) is 4.99 Å². The highest BCUT2D eigenvalue weighted by atomic mass is 32.1. The molecule has 20 heavy (non-hydrogen) atoms. The minimum absolute atomic E-state index is 0.0495. The van der Waals surface area contributed by atoms with E-state index in [0.717, 1.165) is 39.0 Å². The number of thiophene rings is 1. The van der Waals surface area contributed by atoms with Crippen LogP contribution in [0.1, 0.15) is 38.0 Å². The molecule has 0 amide bonds. The normalized spacial score (nSPS) is 33.7. The van der Waals surface area contributed by atoms with Crippen LogP contribution in [0.15, 0.2) is 22.5 Å². The highest BCUT2D eigenvalue weighted by Crippen LogP contribution is 2.41. The Labute approximate surface area is 124 Å². The topological polar surface area (TPSA) is 50.9 Å². The van der Waals surface area contributed by atoms with Crippen LogP contribution in [0.2, 0.25) is 0 Å². The van der Waals surface area contributed by atoms with Gasteiger partial charge in [0.2, 0.25) is 0 Å². The summed E-state index contributed by atoms with van der Waals surface area (Å²) in [5.74, 6) is 0.693. The van der Waals surface area contributed by atoms with E-state index in [0.29, 0.717) is 5.96 Å². The first-order valence-electron chi connectivity index (χ1n) is 7.31. The molecule has 3 heterocycles. The maximum Gasteiger partial charge on any atom is 0.192 e. The van der Waals surface area contributed by atoms with Gasteiger partial charge in [0.05, 0.1) is 24.2 Å². The van der Waals surface area contributed by atoms with E-state index in [9.17, 15) is 0 Å². The maximum atomic E-state index is 6.17. The third-order valence-corrected chi connectivity index (χ3v) is 5.61. The summed E-state index contributed by atoms with van der Waals surface area (Å²) in [4.78, 5) is 8.20. The average Bonchev–Trinajstić information content (AvgIpc) is 3.04. The first kappa shape index (κ1) is 13.9. The summed E-state index contributed by atoms with van der Waals surface area (Å²) < 4.78 is 6.00. The Balaban J connectivity index is 1.84. The molecular weight excluding hydrogens is 270 g/mol. The summed E-state index contributed by atoms with van der Waals surface area (Å²) in [5.41, 5.74) is 6.17. The van der Waals surface area contributed by atoms with Crippen LogP contribution in [0, 0.1) is 0 Å². The molecule has 5 heteroatoms. The molecule has 2 unspecified atom stereocenters. The van der Waals surface area contributed by atoms with Crippen molar-refractivity contribution in [3.05, 3.63) is 22.4 Å². The molecule has 4 nitrogen and oxygen atoms in total. The van der Waals surface area contributed by atoms with Crippen LogP contribution >= 0.6 is 11.3 Å². The predicted molar refractivity (Wildman–Crippen MR) is 83.0 cm³/mol. The Morgan fingerprint density at radius 2 is 2.40 bits per heavy atom. The van der Waals surface area contributed by atoms with E-state index in [1.807, 2.05) is 0 Å². The molecule has 1 aromatic heterocycles. The van der Waals surface area contributed by atoms with Gasteiger partial charge in [0.15, 0.2) is 5.96 Å². The molecule has 0 radical (unpaired) electrons. The summed E-state index contributed by atoms with van der Waals surface area (Å²) in [7, 11) is 0. The zero-order valence-corrected chi connectivity index (χ0v) is 13.1. The van der Waals surface area contributed by atoms with E-state index in [4.69, 9.17) is 10.5 Å². The van der Waals surface area contributed by atoms with Crippen molar-refractivity contribution in [3.8, 4) is 0 Å². The molecule has 0 aromatic carbocycles. The van der Waals surface area contributed by atoms with E-state index in [1.165, 1.54) is 4.88 Å². The summed E-state index contributed by atoms with van der Waals surface area (Å²) in [5, 5.41) is 2.12. The van der Waals surface area contributed by atoms with Crippen LogP contribution in [0.5, 0.6) is 0 Å². The van der Waals surface area contributed by atoms with Crippen LogP contribution < -0.4 is 5.73 Å². The SMILES string of the molecule is CCC1(C)CC2(CCO1)CN=C(N)N2Cc1cccs1. The van der Waals surface area contributed by atoms with Crippen LogP contribution in [-0.4, -0.2) is 35.2 Å². The van der Waals surface area contributed by atoms with E-state index in [2.05, 4.69) is 41.3 Å². The molecule has 110 valence electrons. The molecule has 0 bridgehead atoms. The van der Waals surface area contributed by atoms with Crippen molar-refractivity contribution in [2.75, 3.05) is 13.2 Å². The summed E-state index contributed by atoms with van der Waals surface area (Å²) in [6.07, 6.45) is 3.05. The van der Waals surface area contributed by atoms with Crippen molar-refractivity contribution in [2.24, 2.45) is 10.7 Å². The monoisotopic (exact) mass is 293 g/mol. The molecule has 0 aliphatic carbocycles. The molecule has 2 N–H and O–H groups in total. The lowest BCUT2D eigenvalue weighted by Gasteiger charge is -2.48. The number of ether oxygens (including phenoxy) is 1. The molecule has 1 aromatic rings. The van der Waals surface area contributed by atoms with Gasteiger partial charge in [0.25, 0.3) is 0 Å². The average molecular weight is 293 g/mol. The van der Waals surface area contributed by atoms with E-state index in [-0.39, 0.29) is 11.1 Å². The summed E-state index contributed by atoms with van der Waals surface area (Å²) in [6, 6.07) is 4.26. The lowest BCUT2D eigenvalue weighted by atomic mass is 9.78. The fraction of sp³-hybridized carbons (Fsp3) is 0.667. The molecule has 1 spiro atoms. The van der Waals surface area contributed by atoms with Gasteiger partial charge in [-0.25, -0.2) is 0 Å². The molecule has 1 fully saturated rings. The Morgan fingerprint density at radius 3 is 3.10 bits per heavy atom. The van der Waals surface area contributed by atoms with Crippen molar-refractivity contribution in [1.29, 1.82) is 0 Å². The van der Waals surface area contributed by atoms with Crippen LogP contribution in [0.25, 0.3) is 0 Å². The lowest BCUT2D eigenvalue weighted by Crippen LogP contribution is -2.58. The lowest BCUT2D eigenvalue weighted by molar-refractivity contribution is -0.115. The Bertz CT molecular complexity index is 501. The smallest absolute Gasteiger partial charge is 0.192 e. The van der Waals surface area contributed by atoms with Gasteiger partial charge in [-0.05, 0) is 31.2 Å². The van der Waals surface area contributed by atoms with Gasteiger partial charge in [-0.15, -0.1) is 11.3 Å². The number of aliphatic imine (C=N–C) groups is 1. The standard InChI is InChI=1S/C15H23N3OS/c1-3-14(2)10-15(6-7-19-14)11-17-13(16)18(15)9-12-5-4-8-20-12/h4-5,8H,3,6-7,9-11H2,1-2H3,(H2,16,17). The highest BCUT2D eigenvalue weighted by Gasteiger charge is 2.49. The minimum atomic E-state index is -0.0495. The highest BCUT2D eigenvalue weighted by molar-refractivity contribution is 7.09. The Kier molecular flexibility index (Phi) is 3.50. The van der Waals surface area contributed by atoms with E-state index < -0.39 is 0 Å². The zero-order chi connectivity index (χ0) is 14.2. The molecule has 0 saturated carbocycles. The third-order valence-electron chi connectivity index (χ3n) is 4.75. The Morgan fingerprint density at radius 1 is 1.55 bits per heavy atom. The minimum Gasteiger partial charge on any atom is -0.375 e. The second-order valence-electron chi connectivity index (χ2n) is 6.14. The number of hydrogen-bond donors (Lipinski definition) is 1. The van der Waals surface area contributed by atoms with Crippen LogP contribution in [0.4, 0.5) is 0 Å². The number of nitrogens with zero attached hydrogens (tertiary/aromatic N) is 2. The molecule has 3 rings (SSSR count). The maximum absolute atomic E-state index is 6.17. The molecule has 2 aliphatic heterocycles. The molecule has 1 saturated heterocycles. The first-order valence-corrected chi connectivity index (χ1v) is 8.19. The quantitative estimate of drug-likeness (QED) is 0.932. The van der Waals surface area contributed by atoms with Gasteiger partial charge < -0.3 is 15.4 Å². The van der Waals surface area contributed by atoms with Gasteiger partial charge in [-0.1, -0.05) is 13.0 Å². The molecule has 2 atom stereocenters. The second kappa shape index (κ2) is 5.04. The fourth-order valence-electron chi connectivity index (χ4n) is 3.36. The Hall–Kier alpha value is -1.07. The summed E-state index contributed by atoms with van der Waals surface area (Å²) in [6.45, 7) is 6.89. The van der Waals surface area contributed by atoms with Crippen molar-refractivity contribution in [3.63, 3.8) is 0 Å². The number of rotatable bonds is 3. The zero-order valence-electron chi connectivity index (χ0n) is 12.3. The van der Waals surface area contributed by atoms with Crippen molar-refractivity contribution >= 4 is 17.3 Å². The first-order chi connectivity index (χ1) is 9.57. The largest absolute Gasteiger partial charge is 0.375 e. The van der Waals surface area contributed by atoms with Crippen LogP contribution in [-0.2, 0) is 11.3 Å². The molecular formula is C15H23N3OS. The van der Waals surface area contributed by atoms with Crippen molar-refractivity contribution in [1.82, 2.24) is 4.90 Å². The van der Waals surface area contributed by atoms with Crippen LogP contribution in [0.3, 0.4) is 0 Å². The fourth-order valence-corrected chi connectivity index (χ4v) is 4.06. The second-order valence-corrected chi connectivity index (χ2v) is 7.18. The third kappa shape index (κ3) is 2.33. The van der Waals surface area contributed by atoms with Gasteiger partial charge in [-0.2, -0.15) is 0 Å². The predicted octanol–water partition coefficient (Wildman–Crippen LogP) is 2.60. The van der Waals surface area contributed by atoms with E-state index in [1.54, 1.807) is 11.3 Å². The summed E-state index contributed by atoms with van der Waals surface area (Å²) >= 11 is 1.78. The number of guanidine groups is 1. The number of nitrogens with two attached hydrogens (primary N) is 1. The van der Waals surface area contributed by atoms with E-state index >= 15 is 0 Å². The van der Waals surface area contributed by atoms with Gasteiger partial charge in [0, 0.05) is 17.9 Å². The molecule has 2 aliphatic rings. The number of hydrogen-bond acceptors (Lipinski definition) is 5. The van der Waals surface area contributed by atoms with Gasteiger partial charge >= 0.3 is 0 Å². The van der Waals surface area contributed by atoms with Crippen molar-refractivity contribution in [2.45, 2.75) is 50.8 Å².